The molecule has 0 amide bonds. The van der Waals surface area contributed by atoms with Crippen LogP contribution in [0.2, 0.25) is 0 Å². The molecule has 1 aromatic carbocycles. The second-order valence-electron chi connectivity index (χ2n) is 8.22. The van der Waals surface area contributed by atoms with E-state index >= 15 is 0 Å². The topological polar surface area (TPSA) is 55.2 Å². The van der Waals surface area contributed by atoms with Gasteiger partial charge in [-0.3, -0.25) is 4.90 Å². The third kappa shape index (κ3) is 3.87. The number of piperidine rings is 1. The minimum Gasteiger partial charge on any atom is -0.493 e. The first kappa shape index (κ1) is 17.2. The summed E-state index contributed by atoms with van der Waals surface area (Å²) in [5, 5.41) is 12.3. The molecule has 1 N–H and O–H groups in total. The van der Waals surface area contributed by atoms with Crippen LogP contribution in [0.3, 0.4) is 0 Å². The monoisotopic (exact) mass is 367 g/mol. The summed E-state index contributed by atoms with van der Waals surface area (Å²) in [6.45, 7) is 6.97. The number of rotatable bonds is 6. The van der Waals surface area contributed by atoms with Gasteiger partial charge in [-0.05, 0) is 50.8 Å². The normalized spacial score (nSPS) is 21.2. The maximum Gasteiger partial charge on any atom is 0.147 e. The Balaban J connectivity index is 1.19. The number of benzene rings is 1. The van der Waals surface area contributed by atoms with Gasteiger partial charge in [-0.1, -0.05) is 18.2 Å². The van der Waals surface area contributed by atoms with E-state index in [9.17, 15) is 0 Å². The summed E-state index contributed by atoms with van der Waals surface area (Å²) in [5.41, 5.74) is 1.32. The Morgan fingerprint density at radius 3 is 2.74 bits per heavy atom. The molecular formula is C21H29N5O. The molecule has 1 aromatic heterocycles. The Bertz CT molecular complexity index is 777. The summed E-state index contributed by atoms with van der Waals surface area (Å²) in [4.78, 5) is 2.56. The van der Waals surface area contributed by atoms with Crippen LogP contribution in [0.4, 0.5) is 0 Å². The average molecular weight is 367 g/mol. The maximum absolute atomic E-state index is 6.09. The number of para-hydroxylation sites is 1. The number of ether oxygens (including phenoxy) is 1. The third-order valence-corrected chi connectivity index (χ3v) is 6.14. The Labute approximate surface area is 160 Å². The van der Waals surface area contributed by atoms with Crippen LogP contribution in [0.5, 0.6) is 5.75 Å². The fourth-order valence-corrected chi connectivity index (χ4v) is 4.27. The lowest BCUT2D eigenvalue weighted by Crippen LogP contribution is -2.34. The molecule has 0 unspecified atom stereocenters. The van der Waals surface area contributed by atoms with Gasteiger partial charge in [-0.15, -0.1) is 10.2 Å². The van der Waals surface area contributed by atoms with E-state index in [-0.39, 0.29) is 0 Å². The van der Waals surface area contributed by atoms with Crippen LogP contribution in [0.25, 0.3) is 0 Å². The van der Waals surface area contributed by atoms with Crippen molar-refractivity contribution in [1.29, 1.82) is 0 Å². The standard InChI is InChI=1S/C21H29N5O/c1-2-4-19(27-15-16-5-6-16)18(3-1)14-25-10-7-17(8-11-25)21-24-23-20-13-22-9-12-26(20)21/h1-4,16-17,22H,5-15H2. The van der Waals surface area contributed by atoms with Gasteiger partial charge in [-0.2, -0.15) is 0 Å². The number of nitrogens with one attached hydrogen (secondary N) is 1. The van der Waals surface area contributed by atoms with E-state index in [1.165, 1.54) is 24.2 Å². The molecule has 1 saturated carbocycles. The summed E-state index contributed by atoms with van der Waals surface area (Å²) in [6.07, 6.45) is 4.99. The average Bonchev–Trinajstić information content (AvgIpc) is 3.45. The molecular weight excluding hydrogens is 338 g/mol. The first-order valence-electron chi connectivity index (χ1n) is 10.4. The van der Waals surface area contributed by atoms with E-state index in [1.807, 2.05) is 0 Å². The van der Waals surface area contributed by atoms with E-state index in [4.69, 9.17) is 4.74 Å². The predicted molar refractivity (Wildman–Crippen MR) is 104 cm³/mol. The second-order valence-corrected chi connectivity index (χ2v) is 8.22. The summed E-state index contributed by atoms with van der Waals surface area (Å²) >= 11 is 0. The molecule has 2 aliphatic heterocycles. The fraction of sp³-hybridized carbons (Fsp3) is 0.619. The second kappa shape index (κ2) is 7.60. The van der Waals surface area contributed by atoms with E-state index in [1.54, 1.807) is 0 Å². The molecule has 0 radical (unpaired) electrons. The van der Waals surface area contributed by atoms with Crippen molar-refractivity contribution in [2.45, 2.75) is 51.2 Å². The van der Waals surface area contributed by atoms with Crippen molar-refractivity contribution < 1.29 is 4.74 Å². The molecule has 0 atom stereocenters. The van der Waals surface area contributed by atoms with Crippen LogP contribution in [0.15, 0.2) is 24.3 Å². The number of aromatic nitrogens is 3. The van der Waals surface area contributed by atoms with Crippen molar-refractivity contribution in [1.82, 2.24) is 25.0 Å². The van der Waals surface area contributed by atoms with Crippen LogP contribution in [0.1, 0.15) is 48.8 Å². The lowest BCUT2D eigenvalue weighted by Gasteiger charge is -2.32. The van der Waals surface area contributed by atoms with Gasteiger partial charge in [0.1, 0.15) is 17.4 Å². The van der Waals surface area contributed by atoms with Gasteiger partial charge in [0.05, 0.1) is 13.2 Å². The summed E-state index contributed by atoms with van der Waals surface area (Å²) in [5.74, 6) is 4.71. The lowest BCUT2D eigenvalue weighted by molar-refractivity contribution is 0.195. The van der Waals surface area contributed by atoms with E-state index < -0.39 is 0 Å². The van der Waals surface area contributed by atoms with Crippen molar-refractivity contribution >= 4 is 0 Å². The first-order valence-corrected chi connectivity index (χ1v) is 10.4. The lowest BCUT2D eigenvalue weighted by atomic mass is 9.95. The molecule has 6 heteroatoms. The minimum atomic E-state index is 0.543. The quantitative estimate of drug-likeness (QED) is 0.850. The number of hydrogen-bond acceptors (Lipinski definition) is 5. The Morgan fingerprint density at radius 1 is 1.04 bits per heavy atom. The molecule has 2 aromatic rings. The molecule has 27 heavy (non-hydrogen) atoms. The van der Waals surface area contributed by atoms with Crippen LogP contribution in [-0.2, 0) is 19.6 Å². The highest BCUT2D eigenvalue weighted by molar-refractivity contribution is 5.33. The summed E-state index contributed by atoms with van der Waals surface area (Å²) in [6, 6.07) is 8.56. The van der Waals surface area contributed by atoms with Gasteiger partial charge < -0.3 is 14.6 Å². The van der Waals surface area contributed by atoms with Crippen molar-refractivity contribution in [3.8, 4) is 5.75 Å². The number of hydrogen-bond donors (Lipinski definition) is 1. The molecule has 0 spiro atoms. The van der Waals surface area contributed by atoms with Crippen molar-refractivity contribution in [3.05, 3.63) is 41.5 Å². The van der Waals surface area contributed by atoms with Crippen molar-refractivity contribution in [2.24, 2.45) is 5.92 Å². The third-order valence-electron chi connectivity index (χ3n) is 6.14. The predicted octanol–water partition coefficient (Wildman–Crippen LogP) is 2.55. The Kier molecular flexibility index (Phi) is 4.84. The zero-order valence-corrected chi connectivity index (χ0v) is 15.9. The molecule has 5 rings (SSSR count). The molecule has 6 nitrogen and oxygen atoms in total. The van der Waals surface area contributed by atoms with E-state index in [0.717, 1.165) is 76.2 Å². The Morgan fingerprint density at radius 2 is 1.89 bits per heavy atom. The SMILES string of the molecule is c1ccc(OCC2CC2)c(CN2CCC(c3nnc4n3CCNC4)CC2)c1. The van der Waals surface area contributed by atoms with Crippen LogP contribution in [0, 0.1) is 5.92 Å². The largest absolute Gasteiger partial charge is 0.493 e. The zero-order chi connectivity index (χ0) is 18.1. The van der Waals surface area contributed by atoms with Gasteiger partial charge in [0.15, 0.2) is 0 Å². The first-order chi connectivity index (χ1) is 13.4. The number of fused-ring (bicyclic) bond motifs is 1. The van der Waals surface area contributed by atoms with Gasteiger partial charge in [0.25, 0.3) is 0 Å². The Hall–Kier alpha value is -1.92. The van der Waals surface area contributed by atoms with Crippen LogP contribution < -0.4 is 10.1 Å². The highest BCUT2D eigenvalue weighted by Crippen LogP contribution is 2.32. The van der Waals surface area contributed by atoms with Crippen LogP contribution in [-0.4, -0.2) is 45.9 Å². The minimum absolute atomic E-state index is 0.543. The van der Waals surface area contributed by atoms with Gasteiger partial charge in [0.2, 0.25) is 0 Å². The maximum atomic E-state index is 6.09. The van der Waals surface area contributed by atoms with Gasteiger partial charge in [-0.25, -0.2) is 0 Å². The summed E-state index contributed by atoms with van der Waals surface area (Å²) in [7, 11) is 0. The fourth-order valence-electron chi connectivity index (χ4n) is 4.27. The van der Waals surface area contributed by atoms with Crippen molar-refractivity contribution in [3.63, 3.8) is 0 Å². The number of nitrogens with zero attached hydrogens (tertiary/aromatic N) is 4. The molecule has 3 aliphatic rings. The molecule has 144 valence electrons. The highest BCUT2D eigenvalue weighted by atomic mass is 16.5. The molecule has 1 saturated heterocycles. The zero-order valence-electron chi connectivity index (χ0n) is 15.9. The van der Waals surface area contributed by atoms with Gasteiger partial charge in [0, 0.05) is 31.1 Å². The van der Waals surface area contributed by atoms with E-state index in [0.29, 0.717) is 5.92 Å². The highest BCUT2D eigenvalue weighted by Gasteiger charge is 2.27. The number of likely N-dealkylation sites (tertiary alicyclic amines) is 1. The van der Waals surface area contributed by atoms with Crippen molar-refractivity contribution in [2.75, 3.05) is 26.2 Å². The smallest absolute Gasteiger partial charge is 0.147 e. The van der Waals surface area contributed by atoms with E-state index in [2.05, 4.69) is 49.2 Å². The molecule has 1 aliphatic carbocycles. The van der Waals surface area contributed by atoms with Crippen LogP contribution >= 0.6 is 0 Å². The van der Waals surface area contributed by atoms with Gasteiger partial charge >= 0.3 is 0 Å². The molecule has 0 bridgehead atoms. The summed E-state index contributed by atoms with van der Waals surface area (Å²) < 4.78 is 8.44. The molecule has 3 heterocycles. The molecule has 2 fully saturated rings.